The molecule has 5 nitrogen and oxygen atoms in total. The van der Waals surface area contributed by atoms with Crippen LogP contribution in [0.5, 0.6) is 0 Å². The van der Waals surface area contributed by atoms with E-state index in [1.54, 1.807) is 6.20 Å². The van der Waals surface area contributed by atoms with Crippen molar-refractivity contribution in [1.29, 1.82) is 0 Å². The van der Waals surface area contributed by atoms with Crippen molar-refractivity contribution in [1.82, 2.24) is 15.5 Å². The third-order valence-electron chi connectivity index (χ3n) is 2.61. The van der Waals surface area contributed by atoms with Crippen molar-refractivity contribution in [3.63, 3.8) is 0 Å². The first kappa shape index (κ1) is 9.21. The first-order chi connectivity index (χ1) is 6.62. The smallest absolute Gasteiger partial charge is 0.240 e. The molecule has 0 aliphatic heterocycles. The maximum absolute atomic E-state index is 11.5. The first-order valence-corrected chi connectivity index (χ1v) is 4.68. The minimum atomic E-state index is -0.586. The molecule has 0 unspecified atom stereocenters. The number of H-pyrrole nitrogens is 1. The van der Waals surface area contributed by atoms with E-state index in [0.717, 1.165) is 24.1 Å². The van der Waals surface area contributed by atoms with E-state index in [1.165, 1.54) is 0 Å². The highest BCUT2D eigenvalue weighted by atomic mass is 16.2. The SMILES string of the molecule is Cc1[nH]ncc1CNC(=O)C1(N)CC1. The molecule has 1 fully saturated rings. The molecule has 1 amide bonds. The second-order valence-corrected chi connectivity index (χ2v) is 3.86. The van der Waals surface area contributed by atoms with Crippen LogP contribution in [-0.4, -0.2) is 21.6 Å². The Morgan fingerprint density at radius 1 is 1.79 bits per heavy atom. The third kappa shape index (κ3) is 1.63. The van der Waals surface area contributed by atoms with Gasteiger partial charge in [-0.1, -0.05) is 0 Å². The first-order valence-electron chi connectivity index (χ1n) is 4.68. The molecule has 1 aromatic heterocycles. The average Bonchev–Trinajstić information content (AvgIpc) is 2.77. The Morgan fingerprint density at radius 3 is 3.00 bits per heavy atom. The van der Waals surface area contributed by atoms with E-state index in [9.17, 15) is 4.79 Å². The van der Waals surface area contributed by atoms with E-state index in [-0.39, 0.29) is 5.91 Å². The van der Waals surface area contributed by atoms with E-state index in [2.05, 4.69) is 15.5 Å². The van der Waals surface area contributed by atoms with Crippen LogP contribution in [0, 0.1) is 6.92 Å². The van der Waals surface area contributed by atoms with Crippen molar-refractivity contribution in [2.75, 3.05) is 0 Å². The van der Waals surface area contributed by atoms with Gasteiger partial charge in [0.25, 0.3) is 0 Å². The zero-order chi connectivity index (χ0) is 10.2. The summed E-state index contributed by atoms with van der Waals surface area (Å²) in [6.45, 7) is 2.42. The third-order valence-corrected chi connectivity index (χ3v) is 2.61. The van der Waals surface area contributed by atoms with Gasteiger partial charge in [-0.05, 0) is 19.8 Å². The quantitative estimate of drug-likeness (QED) is 0.624. The van der Waals surface area contributed by atoms with Gasteiger partial charge in [0.05, 0.1) is 11.7 Å². The maximum Gasteiger partial charge on any atom is 0.240 e. The van der Waals surface area contributed by atoms with Gasteiger partial charge >= 0.3 is 0 Å². The number of aromatic nitrogens is 2. The number of carbonyl (C=O) groups excluding carboxylic acids is 1. The second-order valence-electron chi connectivity index (χ2n) is 3.86. The lowest BCUT2D eigenvalue weighted by Gasteiger charge is -2.09. The van der Waals surface area contributed by atoms with E-state index in [1.807, 2.05) is 6.92 Å². The molecule has 0 atom stereocenters. The Morgan fingerprint density at radius 2 is 2.50 bits per heavy atom. The van der Waals surface area contributed by atoms with Gasteiger partial charge in [-0.15, -0.1) is 0 Å². The molecule has 0 bridgehead atoms. The predicted octanol–water partition coefficient (Wildman–Crippen LogP) is -0.174. The van der Waals surface area contributed by atoms with Gasteiger partial charge in [-0.25, -0.2) is 0 Å². The fourth-order valence-electron chi connectivity index (χ4n) is 1.27. The normalized spacial score (nSPS) is 17.9. The molecular weight excluding hydrogens is 180 g/mol. The molecule has 1 saturated carbocycles. The van der Waals surface area contributed by atoms with Gasteiger partial charge in [0, 0.05) is 17.8 Å². The van der Waals surface area contributed by atoms with Crippen molar-refractivity contribution in [2.45, 2.75) is 31.8 Å². The Labute approximate surface area is 82.1 Å². The molecule has 1 aliphatic carbocycles. The van der Waals surface area contributed by atoms with Crippen molar-refractivity contribution in [2.24, 2.45) is 5.73 Å². The second kappa shape index (κ2) is 3.09. The van der Waals surface area contributed by atoms with Crippen LogP contribution in [0.1, 0.15) is 24.1 Å². The van der Waals surface area contributed by atoms with Crippen LogP contribution in [0.25, 0.3) is 0 Å². The summed E-state index contributed by atoms with van der Waals surface area (Å²) in [5.41, 5.74) is 7.13. The van der Waals surface area contributed by atoms with Crippen LogP contribution in [-0.2, 0) is 11.3 Å². The van der Waals surface area contributed by atoms with Crippen molar-refractivity contribution < 1.29 is 4.79 Å². The number of hydrogen-bond donors (Lipinski definition) is 3. The standard InChI is InChI=1S/C9H14N4O/c1-6-7(5-12-13-6)4-11-8(14)9(10)2-3-9/h5H,2-4,10H2,1H3,(H,11,14)(H,12,13). The van der Waals surface area contributed by atoms with Gasteiger partial charge in [0.1, 0.15) is 0 Å². The van der Waals surface area contributed by atoms with Gasteiger partial charge in [-0.2, -0.15) is 5.10 Å². The molecule has 1 aromatic rings. The number of carbonyl (C=O) groups is 1. The molecule has 5 heteroatoms. The summed E-state index contributed by atoms with van der Waals surface area (Å²) in [4.78, 5) is 11.5. The minimum absolute atomic E-state index is 0.0573. The average molecular weight is 194 g/mol. The highest BCUT2D eigenvalue weighted by Crippen LogP contribution is 2.32. The molecule has 1 aliphatic rings. The molecule has 14 heavy (non-hydrogen) atoms. The van der Waals surface area contributed by atoms with Crippen LogP contribution >= 0.6 is 0 Å². The molecule has 0 aromatic carbocycles. The number of aromatic amines is 1. The van der Waals surface area contributed by atoms with Gasteiger partial charge in [-0.3, -0.25) is 9.89 Å². The zero-order valence-electron chi connectivity index (χ0n) is 8.13. The van der Waals surface area contributed by atoms with Crippen molar-refractivity contribution in [3.05, 3.63) is 17.5 Å². The number of nitrogens with one attached hydrogen (secondary N) is 2. The Bertz CT molecular complexity index is 353. The van der Waals surface area contributed by atoms with Crippen molar-refractivity contribution >= 4 is 5.91 Å². The highest BCUT2D eigenvalue weighted by Gasteiger charge is 2.45. The Hall–Kier alpha value is -1.36. The van der Waals surface area contributed by atoms with Crippen LogP contribution < -0.4 is 11.1 Å². The number of hydrogen-bond acceptors (Lipinski definition) is 3. The summed E-state index contributed by atoms with van der Waals surface area (Å²) >= 11 is 0. The lowest BCUT2D eigenvalue weighted by atomic mass is 10.2. The molecule has 0 spiro atoms. The lowest BCUT2D eigenvalue weighted by molar-refractivity contribution is -0.123. The monoisotopic (exact) mass is 194 g/mol. The molecule has 2 rings (SSSR count). The van der Waals surface area contributed by atoms with E-state index in [4.69, 9.17) is 5.73 Å². The Kier molecular flexibility index (Phi) is 2.03. The summed E-state index contributed by atoms with van der Waals surface area (Å²) < 4.78 is 0. The minimum Gasteiger partial charge on any atom is -0.350 e. The maximum atomic E-state index is 11.5. The van der Waals surface area contributed by atoms with Gasteiger partial charge < -0.3 is 11.1 Å². The molecule has 76 valence electrons. The number of nitrogens with zero attached hydrogens (tertiary/aromatic N) is 1. The number of nitrogens with two attached hydrogens (primary N) is 1. The summed E-state index contributed by atoms with van der Waals surface area (Å²) in [5, 5.41) is 9.49. The van der Waals surface area contributed by atoms with E-state index >= 15 is 0 Å². The Balaban J connectivity index is 1.89. The molecule has 0 saturated heterocycles. The van der Waals surface area contributed by atoms with E-state index < -0.39 is 5.54 Å². The topological polar surface area (TPSA) is 83.8 Å². The number of amides is 1. The van der Waals surface area contributed by atoms with Crippen LogP contribution in [0.2, 0.25) is 0 Å². The molecule has 0 radical (unpaired) electrons. The number of rotatable bonds is 3. The van der Waals surface area contributed by atoms with Crippen LogP contribution in [0.4, 0.5) is 0 Å². The predicted molar refractivity (Wildman–Crippen MR) is 51.3 cm³/mol. The fraction of sp³-hybridized carbons (Fsp3) is 0.556. The number of aryl methyl sites for hydroxylation is 1. The summed E-state index contributed by atoms with van der Waals surface area (Å²) in [6, 6.07) is 0. The summed E-state index contributed by atoms with van der Waals surface area (Å²) in [5.74, 6) is -0.0573. The van der Waals surface area contributed by atoms with Gasteiger partial charge in [0.2, 0.25) is 5.91 Å². The van der Waals surface area contributed by atoms with Gasteiger partial charge in [0.15, 0.2) is 0 Å². The molecule has 4 N–H and O–H groups in total. The fourth-order valence-corrected chi connectivity index (χ4v) is 1.27. The van der Waals surface area contributed by atoms with Crippen LogP contribution in [0.15, 0.2) is 6.20 Å². The molecule has 1 heterocycles. The van der Waals surface area contributed by atoms with Crippen LogP contribution in [0.3, 0.4) is 0 Å². The van der Waals surface area contributed by atoms with E-state index in [0.29, 0.717) is 6.54 Å². The lowest BCUT2D eigenvalue weighted by Crippen LogP contribution is -2.42. The van der Waals surface area contributed by atoms with Crippen molar-refractivity contribution in [3.8, 4) is 0 Å². The zero-order valence-corrected chi connectivity index (χ0v) is 8.13. The summed E-state index contributed by atoms with van der Waals surface area (Å²) in [7, 11) is 0. The largest absolute Gasteiger partial charge is 0.350 e. The highest BCUT2D eigenvalue weighted by molar-refractivity contribution is 5.88. The summed E-state index contributed by atoms with van der Waals surface area (Å²) in [6.07, 6.45) is 3.30. The molecular formula is C9H14N4O.